The largest absolute Gasteiger partial charge is 0.280 e. The molecular formula is C19H22N4O4S2. The third kappa shape index (κ3) is 4.72. The van der Waals surface area contributed by atoms with Crippen molar-refractivity contribution < 1.29 is 13.2 Å². The van der Waals surface area contributed by atoms with E-state index in [4.69, 9.17) is 0 Å². The van der Waals surface area contributed by atoms with Crippen LogP contribution in [0.5, 0.6) is 0 Å². The first-order valence-corrected chi connectivity index (χ1v) is 11.3. The molecule has 0 fully saturated rings. The Balaban J connectivity index is 1.82. The molecule has 0 radical (unpaired) electrons. The van der Waals surface area contributed by atoms with Crippen molar-refractivity contribution in [2.24, 2.45) is 0 Å². The summed E-state index contributed by atoms with van der Waals surface area (Å²) in [5, 5.41) is 0.448. The number of aryl methyl sites for hydroxylation is 1. The van der Waals surface area contributed by atoms with Crippen molar-refractivity contribution in [1.29, 1.82) is 0 Å². The van der Waals surface area contributed by atoms with Crippen molar-refractivity contribution in [3.63, 3.8) is 0 Å². The third-order valence-corrected chi connectivity index (χ3v) is 6.90. The number of rotatable bonds is 5. The number of sulfonamides is 1. The van der Waals surface area contributed by atoms with Crippen LogP contribution < -0.4 is 15.7 Å². The second-order valence-corrected chi connectivity index (χ2v) is 10.3. The predicted molar refractivity (Wildman–Crippen MR) is 113 cm³/mol. The first kappa shape index (κ1) is 21.2. The Kier molecular flexibility index (Phi) is 5.61. The Labute approximate surface area is 172 Å². The van der Waals surface area contributed by atoms with Gasteiger partial charge in [0.2, 0.25) is 10.0 Å². The highest BCUT2D eigenvalue weighted by molar-refractivity contribution is 7.89. The molecule has 0 saturated carbocycles. The number of benzene rings is 1. The summed E-state index contributed by atoms with van der Waals surface area (Å²) < 4.78 is 28.3. The normalized spacial score (nSPS) is 12.3. The summed E-state index contributed by atoms with van der Waals surface area (Å²) in [4.78, 5) is 31.0. The number of carbonyl (C=O) groups excluding carboxylic acids is 1. The number of hydrogen-bond acceptors (Lipinski definition) is 6. The van der Waals surface area contributed by atoms with Crippen molar-refractivity contribution in [3.8, 4) is 0 Å². The number of fused-ring (bicyclic) bond motifs is 1. The van der Waals surface area contributed by atoms with Crippen molar-refractivity contribution in [3.05, 3.63) is 57.5 Å². The monoisotopic (exact) mass is 434 g/mol. The Bertz CT molecular complexity index is 1220. The number of aromatic nitrogens is 2. The average Bonchev–Trinajstić information content (AvgIpc) is 3.06. The zero-order valence-corrected chi connectivity index (χ0v) is 18.1. The van der Waals surface area contributed by atoms with Gasteiger partial charge in [0.25, 0.3) is 11.5 Å². The van der Waals surface area contributed by atoms with E-state index in [1.807, 2.05) is 6.92 Å². The minimum atomic E-state index is -3.70. The van der Waals surface area contributed by atoms with E-state index < -0.39 is 21.5 Å². The molecule has 29 heavy (non-hydrogen) atoms. The van der Waals surface area contributed by atoms with Gasteiger partial charge in [-0.25, -0.2) is 22.8 Å². The van der Waals surface area contributed by atoms with Crippen LogP contribution in [0.2, 0.25) is 0 Å². The lowest BCUT2D eigenvalue weighted by Crippen LogP contribution is -2.40. The van der Waals surface area contributed by atoms with Crippen molar-refractivity contribution >= 4 is 37.5 Å². The van der Waals surface area contributed by atoms with Gasteiger partial charge in [0.15, 0.2) is 0 Å². The van der Waals surface area contributed by atoms with Crippen LogP contribution in [-0.4, -0.2) is 29.5 Å². The molecule has 3 aromatic rings. The van der Waals surface area contributed by atoms with Crippen LogP contribution in [-0.2, 0) is 16.4 Å². The van der Waals surface area contributed by atoms with Gasteiger partial charge in [0, 0.05) is 16.0 Å². The molecule has 8 nitrogen and oxygen atoms in total. The zero-order valence-electron chi connectivity index (χ0n) is 16.5. The molecule has 154 valence electrons. The van der Waals surface area contributed by atoms with Crippen LogP contribution in [0.1, 0.15) is 42.9 Å². The van der Waals surface area contributed by atoms with Crippen molar-refractivity contribution in [1.82, 2.24) is 14.4 Å². The molecule has 2 N–H and O–H groups in total. The van der Waals surface area contributed by atoms with Gasteiger partial charge in [-0.15, -0.1) is 11.3 Å². The van der Waals surface area contributed by atoms with E-state index >= 15 is 0 Å². The highest BCUT2D eigenvalue weighted by Crippen LogP contribution is 2.21. The molecule has 0 atom stereocenters. The molecule has 0 aliphatic heterocycles. The Morgan fingerprint density at radius 2 is 1.86 bits per heavy atom. The Morgan fingerprint density at radius 3 is 2.45 bits per heavy atom. The first-order valence-electron chi connectivity index (χ1n) is 8.95. The summed E-state index contributed by atoms with van der Waals surface area (Å²) >= 11 is 1.44. The van der Waals surface area contributed by atoms with E-state index in [0.717, 1.165) is 16.0 Å². The van der Waals surface area contributed by atoms with Gasteiger partial charge in [0.1, 0.15) is 11.2 Å². The molecule has 0 spiro atoms. The number of nitrogens with zero attached hydrogens (tertiary/aromatic N) is 2. The lowest BCUT2D eigenvalue weighted by atomic mass is 10.1. The van der Waals surface area contributed by atoms with E-state index in [9.17, 15) is 18.0 Å². The molecule has 0 aliphatic rings. The number of nitrogens with one attached hydrogen (secondary N) is 2. The number of thiophene rings is 1. The molecule has 0 bridgehead atoms. The fraction of sp³-hybridized carbons (Fsp3) is 0.316. The summed E-state index contributed by atoms with van der Waals surface area (Å²) in [6.45, 7) is 7.22. The molecule has 10 heteroatoms. The Morgan fingerprint density at radius 1 is 1.21 bits per heavy atom. The van der Waals surface area contributed by atoms with E-state index in [1.165, 1.54) is 41.9 Å². The lowest BCUT2D eigenvalue weighted by molar-refractivity contribution is 0.101. The van der Waals surface area contributed by atoms with Crippen LogP contribution >= 0.6 is 11.3 Å². The molecule has 0 unspecified atom stereocenters. The van der Waals surface area contributed by atoms with E-state index in [1.54, 1.807) is 26.8 Å². The van der Waals surface area contributed by atoms with Crippen molar-refractivity contribution in [2.45, 2.75) is 44.6 Å². The molecule has 1 aromatic carbocycles. The molecule has 2 aromatic heterocycles. The second kappa shape index (κ2) is 7.69. The van der Waals surface area contributed by atoms with Crippen molar-refractivity contribution in [2.75, 3.05) is 5.43 Å². The lowest BCUT2D eigenvalue weighted by Gasteiger charge is -2.20. The van der Waals surface area contributed by atoms with Crippen LogP contribution in [0.25, 0.3) is 10.2 Å². The summed E-state index contributed by atoms with van der Waals surface area (Å²) in [6.07, 6.45) is 2.07. The number of carbonyl (C=O) groups is 1. The molecule has 3 rings (SSSR count). The van der Waals surface area contributed by atoms with Crippen LogP contribution in [0.4, 0.5) is 0 Å². The zero-order chi connectivity index (χ0) is 21.4. The summed E-state index contributed by atoms with van der Waals surface area (Å²) in [5.41, 5.74) is 1.71. The topological polar surface area (TPSA) is 110 Å². The molecular weight excluding hydrogens is 412 g/mol. The van der Waals surface area contributed by atoms with Gasteiger partial charge in [-0.2, -0.15) is 0 Å². The molecule has 1 amide bonds. The maximum Gasteiger partial charge on any atom is 0.280 e. The minimum Gasteiger partial charge on any atom is -0.267 e. The third-order valence-electron chi connectivity index (χ3n) is 3.94. The fourth-order valence-electron chi connectivity index (χ4n) is 2.65. The van der Waals surface area contributed by atoms with Crippen LogP contribution in [0.3, 0.4) is 0 Å². The summed E-state index contributed by atoms with van der Waals surface area (Å²) in [7, 11) is -3.70. The van der Waals surface area contributed by atoms with Gasteiger partial charge in [-0.05, 0) is 57.5 Å². The molecule has 2 heterocycles. The van der Waals surface area contributed by atoms with E-state index in [2.05, 4.69) is 15.1 Å². The van der Waals surface area contributed by atoms with Gasteiger partial charge >= 0.3 is 0 Å². The quantitative estimate of drug-likeness (QED) is 0.641. The van der Waals surface area contributed by atoms with E-state index in [0.29, 0.717) is 10.2 Å². The maximum absolute atomic E-state index is 12.6. The Hall–Kier alpha value is -2.56. The fourth-order valence-corrected chi connectivity index (χ4v) is 4.99. The minimum absolute atomic E-state index is 0.0506. The molecule has 0 aliphatic carbocycles. The van der Waals surface area contributed by atoms with Gasteiger partial charge in [0.05, 0.1) is 10.3 Å². The van der Waals surface area contributed by atoms with Crippen LogP contribution in [0.15, 0.2) is 46.3 Å². The van der Waals surface area contributed by atoms with Gasteiger partial charge in [-0.3, -0.25) is 15.0 Å². The van der Waals surface area contributed by atoms with Crippen LogP contribution in [0, 0.1) is 0 Å². The maximum atomic E-state index is 12.6. The highest BCUT2D eigenvalue weighted by Gasteiger charge is 2.22. The highest BCUT2D eigenvalue weighted by atomic mass is 32.2. The summed E-state index contributed by atoms with van der Waals surface area (Å²) in [6, 6.07) is 7.26. The first-order chi connectivity index (χ1) is 13.5. The van der Waals surface area contributed by atoms with E-state index in [-0.39, 0.29) is 16.0 Å². The molecule has 0 saturated heterocycles. The SMILES string of the molecule is CCc1cc2c(=O)n(NC(=O)c3ccc(S(=O)(=O)NC(C)(C)C)cc3)cnc2s1. The van der Waals surface area contributed by atoms with Gasteiger partial charge < -0.3 is 0 Å². The average molecular weight is 435 g/mol. The summed E-state index contributed by atoms with van der Waals surface area (Å²) in [5.74, 6) is -0.549. The smallest absolute Gasteiger partial charge is 0.267 e. The van der Waals surface area contributed by atoms with Gasteiger partial charge in [-0.1, -0.05) is 6.92 Å². The standard InChI is InChI=1S/C19H22N4O4S2/c1-5-13-10-15-17(28-13)20-11-23(18(15)25)21-16(24)12-6-8-14(9-7-12)29(26,27)22-19(2,3)4/h6-11,22H,5H2,1-4H3,(H,21,24). The second-order valence-electron chi connectivity index (χ2n) is 7.53. The number of amides is 1. The predicted octanol–water partition coefficient (Wildman–Crippen LogP) is 2.48. The number of hydrogen-bond donors (Lipinski definition) is 2.